The number of rotatable bonds is 34. The van der Waals surface area contributed by atoms with Crippen molar-refractivity contribution in [2.45, 2.75) is 200 Å². The van der Waals surface area contributed by atoms with Crippen LogP contribution >= 0.6 is 58.8 Å². The number of aliphatic carboxylic acids is 1. The molecule has 5 N–H and O–H groups in total. The van der Waals surface area contributed by atoms with E-state index in [1.807, 2.05) is 75.4 Å². The molecular formula is C104H126N12O14S5. The molecule has 0 atom stereocenters. The molecule has 0 radical (unpaired) electrons. The first-order valence-electron chi connectivity index (χ1n) is 45.6. The van der Waals surface area contributed by atoms with E-state index in [0.717, 1.165) is 163 Å². The number of thioether (sulfide) groups is 5. The molecule has 16 rings (SSSR count). The maximum absolute atomic E-state index is 13.8. The summed E-state index contributed by atoms with van der Waals surface area (Å²) in [4.78, 5) is 105. The molecule has 31 heteroatoms. The molecule has 1 aliphatic heterocycles. The standard InChI is InChI=1S/C22H27N3O2S.C22H28N2O3S.C21H24N2O4S.C20H26N2O3S.C19H21N3O2S/c1-3-12-25-20(26)18-19(24-21(25)28-14-13-27-2)17-7-5-4-6-16(17)15-22(18)8-10-23-11-9-22;1-6-10-24-20(25)18-19(23-21(24)28-7-2)17-13-16(27-12-11-26-5)9-8-15(17)14-22(18,3)4;1-5-9-23-19(26)17-18(22-20(23)28-6-2)15-8-7-14(27-12-16(24)25)10-13(15)11-21(17,3)4;1-20(2)13-14-7-4-5-8-15(14)17-16(20)18(25-10-6-9-23)22-19(21-17)26-12-11-24-3;1-4-9-22-17(24)15-16(21-18(22)25-11-14(20)23)13-8-6-5-7-12(13)10-19(15,2)3/h3-7,23H,1,8-15H2,2H3;6,8-9,13H,1,7,10-12,14H2,2-5H3;5,7-8,10H,1,6,9,11-12H2,2-4H3,(H,24,25);4-5,7-8,23H,6,9-13H2,1-3H3;4-8H,1,9-11H2,2-3H3,(H2,20,23). The molecule has 10 aromatic rings. The van der Waals surface area contributed by atoms with Gasteiger partial charge in [0.1, 0.15) is 18.1 Å². The Labute approximate surface area is 812 Å². The van der Waals surface area contributed by atoms with Crippen LogP contribution in [0.3, 0.4) is 0 Å². The third-order valence-corrected chi connectivity index (χ3v) is 28.8. The number of carbonyl (C=O) groups is 2. The number of nitrogens with one attached hydrogen (secondary N) is 1. The third kappa shape index (κ3) is 23.7. The summed E-state index contributed by atoms with van der Waals surface area (Å²) in [6.45, 7) is 42.1. The maximum atomic E-state index is 13.8. The second-order valence-corrected chi connectivity index (χ2v) is 41.7. The lowest BCUT2D eigenvalue weighted by Crippen LogP contribution is -2.48. The number of fused-ring (bicyclic) bond motifs is 16. The van der Waals surface area contributed by atoms with Crippen molar-refractivity contribution in [3.05, 3.63) is 257 Å². The highest BCUT2D eigenvalue weighted by atomic mass is 32.2. The first-order chi connectivity index (χ1) is 64.8. The van der Waals surface area contributed by atoms with E-state index in [1.54, 1.807) is 105 Å². The fraction of sp³-hybridized carbons (Fsp3) is 0.423. The van der Waals surface area contributed by atoms with E-state index >= 15 is 0 Å². The Morgan fingerprint density at radius 3 is 1.31 bits per heavy atom. The first-order valence-corrected chi connectivity index (χ1v) is 50.5. The smallest absolute Gasteiger partial charge is 0.341 e. The summed E-state index contributed by atoms with van der Waals surface area (Å²) in [5.74, 6) is 3.73. The lowest BCUT2D eigenvalue weighted by molar-refractivity contribution is -0.139. The fourth-order valence-corrected chi connectivity index (χ4v) is 22.3. The molecule has 716 valence electrons. The number of primary amides is 1. The van der Waals surface area contributed by atoms with Crippen LogP contribution in [0.4, 0.5) is 0 Å². The summed E-state index contributed by atoms with van der Waals surface area (Å²) in [5, 5.41) is 24.7. The van der Waals surface area contributed by atoms with Gasteiger partial charge >= 0.3 is 5.97 Å². The minimum Gasteiger partial charge on any atom is -0.491 e. The second kappa shape index (κ2) is 46.6. The number of piperidine rings is 1. The van der Waals surface area contributed by atoms with Gasteiger partial charge in [-0.25, -0.2) is 29.7 Å². The molecule has 1 spiro atoms. The molecule has 0 saturated carbocycles. The first kappa shape index (κ1) is 103. The molecule has 0 bridgehead atoms. The van der Waals surface area contributed by atoms with Crippen LogP contribution in [0.5, 0.6) is 17.4 Å². The topological polar surface area (TPSA) is 333 Å². The van der Waals surface area contributed by atoms with E-state index in [2.05, 4.69) is 129 Å². The van der Waals surface area contributed by atoms with Crippen molar-refractivity contribution in [2.75, 3.05) is 109 Å². The highest BCUT2D eigenvalue weighted by Gasteiger charge is 2.45. The largest absolute Gasteiger partial charge is 0.491 e. The number of aliphatic hydroxyl groups is 1. The van der Waals surface area contributed by atoms with Gasteiger partial charge in [-0.3, -0.25) is 42.2 Å². The van der Waals surface area contributed by atoms with E-state index in [0.29, 0.717) is 116 Å². The number of amides is 1. The Hall–Kier alpha value is -10.5. The maximum Gasteiger partial charge on any atom is 0.341 e. The minimum atomic E-state index is -1.02. The Kier molecular flexibility index (Phi) is 35.7. The van der Waals surface area contributed by atoms with E-state index < -0.39 is 17.3 Å². The lowest BCUT2D eigenvalue weighted by atomic mass is 9.65. The highest BCUT2D eigenvalue weighted by molar-refractivity contribution is 8.00. The van der Waals surface area contributed by atoms with Crippen LogP contribution in [-0.2, 0) is 109 Å². The summed E-state index contributed by atoms with van der Waals surface area (Å²) < 4.78 is 39.3. The van der Waals surface area contributed by atoms with Crippen LogP contribution in [0.2, 0.25) is 0 Å². The lowest BCUT2D eigenvalue weighted by Gasteiger charge is -2.42. The summed E-state index contributed by atoms with van der Waals surface area (Å²) in [6, 6.07) is 36.4. The van der Waals surface area contributed by atoms with E-state index in [1.165, 1.54) is 45.8 Å². The number of carboxylic acid groups (broad SMARTS) is 1. The van der Waals surface area contributed by atoms with Crippen molar-refractivity contribution >= 4 is 70.7 Å². The van der Waals surface area contributed by atoms with Gasteiger partial charge < -0.3 is 49.7 Å². The molecule has 5 aliphatic carbocycles. The van der Waals surface area contributed by atoms with Crippen LogP contribution in [0.15, 0.2) is 205 Å². The summed E-state index contributed by atoms with van der Waals surface area (Å²) in [5.41, 5.74) is 23.4. The Morgan fingerprint density at radius 2 is 0.844 bits per heavy atom. The van der Waals surface area contributed by atoms with Crippen LogP contribution in [-0.4, -0.2) is 180 Å². The summed E-state index contributed by atoms with van der Waals surface area (Å²) in [6.07, 6.45) is 13.5. The number of ether oxygens (including phenoxy) is 6. The van der Waals surface area contributed by atoms with Crippen LogP contribution < -0.4 is 47.5 Å². The SMILES string of the molecule is C=CCn1c(SCC(N)=O)nc2c(c1=O)C(C)(C)Cc1ccccc1-2.C=CCn1c(SCC)nc2c(c1=O)C(C)(C)Cc1cc(OCC(=O)O)ccc1-2.C=CCn1c(SCC)nc2c(c1=O)C(C)(C)Cc1ccc(OCCOC)cc1-2.C=CCn1c(SCCOC)nc2c(c1=O)C1(CCNCC1)Cc1ccccc1-2.COCCSc1nc(OCCCO)c2c(n1)-c1ccccc1CC2(C)C. The van der Waals surface area contributed by atoms with Gasteiger partial charge in [-0.1, -0.05) is 231 Å². The number of aliphatic hydroxyl groups excluding tert-OH is 1. The third-order valence-electron chi connectivity index (χ3n) is 24.4. The number of carbonyl (C=O) groups excluding carboxylic acids is 1. The number of aromatic nitrogens is 10. The van der Waals surface area contributed by atoms with Crippen LogP contribution in [0, 0.1) is 0 Å². The van der Waals surface area contributed by atoms with Gasteiger partial charge in [0.2, 0.25) is 11.8 Å². The molecule has 6 heterocycles. The van der Waals surface area contributed by atoms with Gasteiger partial charge in [-0.15, -0.1) is 26.3 Å². The Bertz CT molecular complexity index is 6270. The van der Waals surface area contributed by atoms with E-state index in [4.69, 9.17) is 74.3 Å². The van der Waals surface area contributed by atoms with Gasteiger partial charge in [0.25, 0.3) is 22.2 Å². The number of benzene rings is 5. The second-order valence-electron chi connectivity index (χ2n) is 36.1. The fourth-order valence-electron chi connectivity index (χ4n) is 18.5. The zero-order chi connectivity index (χ0) is 97.1. The van der Waals surface area contributed by atoms with Crippen molar-refractivity contribution in [2.24, 2.45) is 5.73 Å². The number of methoxy groups -OCH3 is 3. The van der Waals surface area contributed by atoms with E-state index in [9.17, 15) is 28.8 Å². The summed E-state index contributed by atoms with van der Waals surface area (Å²) in [7, 11) is 5.03. The Balaban J connectivity index is 0.000000152. The van der Waals surface area contributed by atoms with Crippen molar-refractivity contribution in [1.82, 2.24) is 53.5 Å². The molecule has 5 aromatic heterocycles. The van der Waals surface area contributed by atoms with Crippen molar-refractivity contribution < 1.29 is 48.2 Å². The van der Waals surface area contributed by atoms with Crippen molar-refractivity contribution in [3.63, 3.8) is 0 Å². The van der Waals surface area contributed by atoms with Crippen molar-refractivity contribution in [1.29, 1.82) is 0 Å². The average Bonchev–Trinajstić information content (AvgIpc) is 0.736. The van der Waals surface area contributed by atoms with E-state index in [-0.39, 0.29) is 62.9 Å². The predicted molar refractivity (Wildman–Crippen MR) is 544 cm³/mol. The van der Waals surface area contributed by atoms with Crippen molar-refractivity contribution in [3.8, 4) is 73.7 Å². The molecule has 1 amide bonds. The zero-order valence-electron chi connectivity index (χ0n) is 79.8. The monoisotopic (exact) mass is 1930 g/mol. The molecule has 6 aliphatic rings. The number of nitrogens with two attached hydrogens (primary N) is 1. The number of carboxylic acids is 1. The van der Waals surface area contributed by atoms with Gasteiger partial charge in [-0.2, -0.15) is 4.98 Å². The molecular weight excluding hydrogens is 1800 g/mol. The number of hydrogen-bond donors (Lipinski definition) is 4. The van der Waals surface area contributed by atoms with Gasteiger partial charge in [0.05, 0.1) is 66.2 Å². The van der Waals surface area contributed by atoms with Gasteiger partial charge in [0, 0.05) is 149 Å². The number of allylic oxidation sites excluding steroid dienone is 4. The number of hydrogen-bond acceptors (Lipinski definition) is 25. The Morgan fingerprint density at radius 1 is 0.444 bits per heavy atom. The predicted octanol–water partition coefficient (Wildman–Crippen LogP) is 16.6. The van der Waals surface area contributed by atoms with Crippen LogP contribution in [0.1, 0.15) is 144 Å². The molecule has 1 fully saturated rings. The molecule has 1 saturated heterocycles. The zero-order valence-corrected chi connectivity index (χ0v) is 83.9. The molecule has 135 heavy (non-hydrogen) atoms. The quantitative estimate of drug-likeness (QED) is 0.0126. The molecule has 0 unspecified atom stereocenters. The average molecular weight is 1930 g/mol. The van der Waals surface area contributed by atoms with Crippen LogP contribution in [0.25, 0.3) is 56.3 Å². The van der Waals surface area contributed by atoms with Gasteiger partial charge in [0.15, 0.2) is 32.4 Å². The number of nitrogens with zero attached hydrogens (tertiary/aromatic N) is 10. The minimum absolute atomic E-state index is 0.0253. The molecule has 26 nitrogen and oxygen atoms in total. The van der Waals surface area contributed by atoms with Gasteiger partial charge in [-0.05, 0) is 128 Å². The normalized spacial score (nSPS) is 14.9. The highest BCUT2D eigenvalue weighted by Crippen LogP contribution is 2.51. The molecule has 5 aromatic carbocycles. The summed E-state index contributed by atoms with van der Waals surface area (Å²) >= 11 is 7.44.